The second-order valence-corrected chi connectivity index (χ2v) is 5.08. The van der Waals surface area contributed by atoms with Crippen LogP contribution in [0.4, 0.5) is 0 Å². The van der Waals surface area contributed by atoms with Gasteiger partial charge in [-0.2, -0.15) is 0 Å². The first-order chi connectivity index (χ1) is 9.72. The molecule has 0 radical (unpaired) electrons. The molecule has 4 nitrogen and oxygen atoms in total. The number of rotatable bonds is 8. The van der Waals surface area contributed by atoms with Crippen molar-refractivity contribution in [3.8, 4) is 0 Å². The first kappa shape index (κ1) is 16.5. The van der Waals surface area contributed by atoms with Crippen LogP contribution >= 0.6 is 0 Å². The van der Waals surface area contributed by atoms with E-state index in [0.29, 0.717) is 0 Å². The van der Waals surface area contributed by atoms with Crippen molar-refractivity contribution < 1.29 is 0 Å². The zero-order chi connectivity index (χ0) is 14.6. The van der Waals surface area contributed by atoms with E-state index in [9.17, 15) is 0 Å². The Morgan fingerprint density at radius 3 is 2.55 bits per heavy atom. The lowest BCUT2D eigenvalue weighted by molar-refractivity contribution is 0.403. The molecule has 1 aromatic carbocycles. The summed E-state index contributed by atoms with van der Waals surface area (Å²) >= 11 is 0. The number of benzene rings is 1. The van der Waals surface area contributed by atoms with Crippen molar-refractivity contribution in [1.29, 1.82) is 0 Å². The van der Waals surface area contributed by atoms with Crippen molar-refractivity contribution >= 4 is 5.96 Å². The minimum Gasteiger partial charge on any atom is -0.357 e. The quantitative estimate of drug-likeness (QED) is 0.431. The molecule has 2 N–H and O–H groups in total. The summed E-state index contributed by atoms with van der Waals surface area (Å²) in [7, 11) is 4.18. The van der Waals surface area contributed by atoms with Crippen molar-refractivity contribution in [3.63, 3.8) is 0 Å². The van der Waals surface area contributed by atoms with Crippen LogP contribution in [0.1, 0.15) is 18.9 Å². The molecule has 20 heavy (non-hydrogen) atoms. The Morgan fingerprint density at radius 1 is 1.15 bits per heavy atom. The predicted octanol–water partition coefficient (Wildman–Crippen LogP) is 1.74. The minimum absolute atomic E-state index is 0.860. The number of hydrogen-bond acceptors (Lipinski definition) is 2. The predicted molar refractivity (Wildman–Crippen MR) is 87.3 cm³/mol. The second-order valence-electron chi connectivity index (χ2n) is 5.08. The topological polar surface area (TPSA) is 39.7 Å². The maximum absolute atomic E-state index is 4.58. The Kier molecular flexibility index (Phi) is 8.47. The number of nitrogens with zero attached hydrogens (tertiary/aromatic N) is 2. The smallest absolute Gasteiger partial charge is 0.191 e. The monoisotopic (exact) mass is 276 g/mol. The van der Waals surface area contributed by atoms with Gasteiger partial charge in [-0.1, -0.05) is 30.3 Å². The summed E-state index contributed by atoms with van der Waals surface area (Å²) in [5.41, 5.74) is 1.35. The average molecular weight is 276 g/mol. The highest BCUT2D eigenvalue weighted by Gasteiger charge is 1.97. The van der Waals surface area contributed by atoms with E-state index in [1.165, 1.54) is 5.56 Å². The highest BCUT2D eigenvalue weighted by Crippen LogP contribution is 1.98. The normalized spacial score (nSPS) is 11.7. The molecule has 0 saturated carbocycles. The minimum atomic E-state index is 0.860. The summed E-state index contributed by atoms with van der Waals surface area (Å²) in [6, 6.07) is 10.5. The van der Waals surface area contributed by atoms with E-state index in [4.69, 9.17) is 0 Å². The molecule has 4 heteroatoms. The molecule has 0 spiro atoms. The molecule has 0 aliphatic rings. The zero-order valence-corrected chi connectivity index (χ0v) is 13.0. The van der Waals surface area contributed by atoms with Crippen molar-refractivity contribution in [2.75, 3.05) is 40.3 Å². The summed E-state index contributed by atoms with van der Waals surface area (Å²) < 4.78 is 0. The van der Waals surface area contributed by atoms with E-state index >= 15 is 0 Å². The Bertz CT molecular complexity index is 373. The Morgan fingerprint density at radius 2 is 1.90 bits per heavy atom. The van der Waals surface area contributed by atoms with Crippen LogP contribution < -0.4 is 10.6 Å². The Balaban J connectivity index is 2.29. The first-order valence-corrected chi connectivity index (χ1v) is 7.43. The largest absolute Gasteiger partial charge is 0.357 e. The number of nitrogens with one attached hydrogen (secondary N) is 2. The van der Waals surface area contributed by atoms with Gasteiger partial charge in [0.2, 0.25) is 0 Å². The molecule has 0 fully saturated rings. The van der Waals surface area contributed by atoms with Gasteiger partial charge in [-0.25, -0.2) is 0 Å². The number of aliphatic imine (C=N–C) groups is 1. The zero-order valence-electron chi connectivity index (χ0n) is 13.0. The van der Waals surface area contributed by atoms with Gasteiger partial charge in [0.05, 0.1) is 0 Å². The molecule has 0 atom stereocenters. The molecular formula is C16H28N4. The van der Waals surface area contributed by atoms with Crippen LogP contribution in [0.5, 0.6) is 0 Å². The van der Waals surface area contributed by atoms with Crippen molar-refractivity contribution in [2.45, 2.75) is 19.8 Å². The maximum Gasteiger partial charge on any atom is 0.191 e. The lowest BCUT2D eigenvalue weighted by atomic mass is 10.1. The fraction of sp³-hybridized carbons (Fsp3) is 0.562. The van der Waals surface area contributed by atoms with Gasteiger partial charge in [0.25, 0.3) is 0 Å². The third-order valence-corrected chi connectivity index (χ3v) is 2.93. The first-order valence-electron chi connectivity index (χ1n) is 7.43. The van der Waals surface area contributed by atoms with Gasteiger partial charge in [-0.05, 0) is 46.0 Å². The van der Waals surface area contributed by atoms with Crippen LogP contribution in [0.25, 0.3) is 0 Å². The number of hydrogen-bond donors (Lipinski definition) is 2. The SMILES string of the molecule is CCNC(=NCCCN(C)C)NCCc1ccccc1. The lowest BCUT2D eigenvalue weighted by Crippen LogP contribution is -2.38. The highest BCUT2D eigenvalue weighted by molar-refractivity contribution is 5.79. The van der Waals surface area contributed by atoms with Gasteiger partial charge in [0, 0.05) is 19.6 Å². The molecule has 1 aromatic rings. The van der Waals surface area contributed by atoms with Gasteiger partial charge < -0.3 is 15.5 Å². The fourth-order valence-corrected chi connectivity index (χ4v) is 1.89. The van der Waals surface area contributed by atoms with Gasteiger partial charge in [-0.3, -0.25) is 4.99 Å². The summed E-state index contributed by atoms with van der Waals surface area (Å²) in [5.74, 6) is 0.919. The molecule has 0 bridgehead atoms. The summed E-state index contributed by atoms with van der Waals surface area (Å²) in [6.07, 6.45) is 2.10. The van der Waals surface area contributed by atoms with Crippen LogP contribution in [0.3, 0.4) is 0 Å². The third-order valence-electron chi connectivity index (χ3n) is 2.93. The van der Waals surface area contributed by atoms with Crippen molar-refractivity contribution in [2.24, 2.45) is 4.99 Å². The standard InChI is InChI=1S/C16H28N4/c1-4-17-16(18-12-8-14-20(2)3)19-13-11-15-9-6-5-7-10-15/h5-7,9-10H,4,8,11-14H2,1-3H3,(H2,17,18,19). The molecule has 0 saturated heterocycles. The lowest BCUT2D eigenvalue weighted by Gasteiger charge is -2.12. The molecular weight excluding hydrogens is 248 g/mol. The molecule has 112 valence electrons. The van der Waals surface area contributed by atoms with E-state index in [1.54, 1.807) is 0 Å². The molecule has 0 amide bonds. The number of guanidine groups is 1. The van der Waals surface area contributed by atoms with E-state index < -0.39 is 0 Å². The van der Waals surface area contributed by atoms with Crippen LogP contribution in [0, 0.1) is 0 Å². The molecule has 1 rings (SSSR count). The highest BCUT2D eigenvalue weighted by atomic mass is 15.2. The molecule has 0 aliphatic heterocycles. The average Bonchev–Trinajstić information content (AvgIpc) is 2.44. The van der Waals surface area contributed by atoms with E-state index in [2.05, 4.69) is 65.8 Å². The summed E-state index contributed by atoms with van der Waals surface area (Å²) in [6.45, 7) is 5.83. The summed E-state index contributed by atoms with van der Waals surface area (Å²) in [5, 5.41) is 6.66. The third kappa shape index (κ3) is 7.79. The van der Waals surface area contributed by atoms with Gasteiger partial charge >= 0.3 is 0 Å². The molecule has 0 heterocycles. The van der Waals surface area contributed by atoms with E-state index in [-0.39, 0.29) is 0 Å². The summed E-state index contributed by atoms with van der Waals surface area (Å²) in [4.78, 5) is 6.77. The molecule has 0 aromatic heterocycles. The van der Waals surface area contributed by atoms with Crippen LogP contribution in [0.15, 0.2) is 35.3 Å². The Hall–Kier alpha value is -1.55. The van der Waals surface area contributed by atoms with Crippen LogP contribution in [-0.2, 0) is 6.42 Å². The second kappa shape index (κ2) is 10.3. The van der Waals surface area contributed by atoms with Crippen LogP contribution in [0.2, 0.25) is 0 Å². The van der Waals surface area contributed by atoms with E-state index in [1.807, 2.05) is 6.07 Å². The van der Waals surface area contributed by atoms with Crippen molar-refractivity contribution in [1.82, 2.24) is 15.5 Å². The van der Waals surface area contributed by atoms with Crippen LogP contribution in [-0.4, -0.2) is 51.1 Å². The van der Waals surface area contributed by atoms with Crippen molar-refractivity contribution in [3.05, 3.63) is 35.9 Å². The van der Waals surface area contributed by atoms with Gasteiger partial charge in [-0.15, -0.1) is 0 Å². The van der Waals surface area contributed by atoms with Gasteiger partial charge in [0.1, 0.15) is 0 Å². The fourth-order valence-electron chi connectivity index (χ4n) is 1.89. The van der Waals surface area contributed by atoms with Gasteiger partial charge in [0.15, 0.2) is 5.96 Å². The maximum atomic E-state index is 4.58. The molecule has 0 aliphatic carbocycles. The Labute approximate surface area is 123 Å². The molecule has 0 unspecified atom stereocenters. The van der Waals surface area contributed by atoms with E-state index in [0.717, 1.165) is 45.0 Å².